The molecule has 0 spiro atoms. The summed E-state index contributed by atoms with van der Waals surface area (Å²) in [6.45, 7) is 7.12. The molecule has 2 heterocycles. The Balaban J connectivity index is 1.50. The van der Waals surface area contributed by atoms with E-state index in [0.29, 0.717) is 6.42 Å². The Kier molecular flexibility index (Phi) is 4.53. The van der Waals surface area contributed by atoms with Gasteiger partial charge in [0.15, 0.2) is 0 Å². The molecule has 2 fully saturated rings. The van der Waals surface area contributed by atoms with Crippen LogP contribution in [0.2, 0.25) is 0 Å². The minimum atomic E-state index is 0.000116. The van der Waals surface area contributed by atoms with Gasteiger partial charge in [-0.3, -0.25) is 19.9 Å². The standard InChI is InChI=1S/C16H24N4O/c1-13-11-15(21)18-16(17-13)20-9-7-19(8-10-20)12-14-5-3-2-4-6-14/h2-6,13,16-17H,7-12H2,1H3,(H,18,21). The molecule has 2 saturated heterocycles. The van der Waals surface area contributed by atoms with Crippen molar-refractivity contribution in [2.75, 3.05) is 26.2 Å². The van der Waals surface area contributed by atoms with Crippen LogP contribution < -0.4 is 10.6 Å². The maximum absolute atomic E-state index is 11.6. The van der Waals surface area contributed by atoms with E-state index in [-0.39, 0.29) is 18.2 Å². The summed E-state index contributed by atoms with van der Waals surface area (Å²) >= 11 is 0. The molecule has 5 heteroatoms. The van der Waals surface area contributed by atoms with E-state index in [1.165, 1.54) is 5.56 Å². The summed E-state index contributed by atoms with van der Waals surface area (Å²) in [6, 6.07) is 10.8. The van der Waals surface area contributed by atoms with Gasteiger partial charge in [-0.25, -0.2) is 0 Å². The summed E-state index contributed by atoms with van der Waals surface area (Å²) in [5.41, 5.74) is 1.36. The van der Waals surface area contributed by atoms with Gasteiger partial charge in [0.05, 0.1) is 0 Å². The van der Waals surface area contributed by atoms with E-state index in [9.17, 15) is 4.79 Å². The average Bonchev–Trinajstić information content (AvgIpc) is 2.48. The van der Waals surface area contributed by atoms with Crippen LogP contribution in [-0.2, 0) is 11.3 Å². The highest BCUT2D eigenvalue weighted by molar-refractivity contribution is 5.77. The highest BCUT2D eigenvalue weighted by Gasteiger charge is 2.29. The summed E-state index contributed by atoms with van der Waals surface area (Å²) in [5, 5.41) is 6.49. The maximum atomic E-state index is 11.6. The lowest BCUT2D eigenvalue weighted by atomic mass is 10.1. The first-order valence-electron chi connectivity index (χ1n) is 7.76. The fraction of sp³-hybridized carbons (Fsp3) is 0.562. The molecule has 5 nitrogen and oxygen atoms in total. The van der Waals surface area contributed by atoms with E-state index in [0.717, 1.165) is 32.7 Å². The van der Waals surface area contributed by atoms with Crippen molar-refractivity contribution in [2.45, 2.75) is 32.2 Å². The van der Waals surface area contributed by atoms with Crippen molar-refractivity contribution >= 4 is 5.91 Å². The number of hydrogen-bond donors (Lipinski definition) is 2. The van der Waals surface area contributed by atoms with Crippen LogP contribution in [0.5, 0.6) is 0 Å². The fourth-order valence-electron chi connectivity index (χ4n) is 3.08. The van der Waals surface area contributed by atoms with E-state index < -0.39 is 0 Å². The maximum Gasteiger partial charge on any atom is 0.223 e. The summed E-state index contributed by atoms with van der Waals surface area (Å²) in [6.07, 6.45) is 0.574. The summed E-state index contributed by atoms with van der Waals surface area (Å²) in [7, 11) is 0. The van der Waals surface area contributed by atoms with Crippen LogP contribution >= 0.6 is 0 Å². The van der Waals surface area contributed by atoms with Crippen molar-refractivity contribution in [1.82, 2.24) is 20.4 Å². The Bertz CT molecular complexity index is 470. The molecule has 0 saturated carbocycles. The van der Waals surface area contributed by atoms with Crippen LogP contribution in [0.25, 0.3) is 0 Å². The Labute approximate surface area is 126 Å². The molecule has 1 amide bonds. The smallest absolute Gasteiger partial charge is 0.223 e. The summed E-state index contributed by atoms with van der Waals surface area (Å²) in [4.78, 5) is 16.4. The lowest BCUT2D eigenvalue weighted by Gasteiger charge is -2.42. The van der Waals surface area contributed by atoms with Crippen molar-refractivity contribution in [3.8, 4) is 0 Å². The number of benzene rings is 1. The molecule has 21 heavy (non-hydrogen) atoms. The summed E-state index contributed by atoms with van der Waals surface area (Å²) in [5.74, 6) is 0.151. The zero-order valence-electron chi connectivity index (χ0n) is 12.6. The molecule has 2 N–H and O–H groups in total. The Hall–Kier alpha value is -1.43. The van der Waals surface area contributed by atoms with Gasteiger partial charge in [-0.1, -0.05) is 30.3 Å². The van der Waals surface area contributed by atoms with Gasteiger partial charge in [-0.15, -0.1) is 0 Å². The lowest BCUT2D eigenvalue weighted by molar-refractivity contribution is -0.127. The Morgan fingerprint density at radius 2 is 1.86 bits per heavy atom. The molecule has 2 aliphatic heterocycles. The van der Waals surface area contributed by atoms with Crippen molar-refractivity contribution in [2.24, 2.45) is 0 Å². The van der Waals surface area contributed by atoms with Crippen LogP contribution in [0, 0.1) is 0 Å². The summed E-state index contributed by atoms with van der Waals surface area (Å²) < 4.78 is 0. The van der Waals surface area contributed by atoms with Crippen LogP contribution in [-0.4, -0.2) is 54.2 Å². The van der Waals surface area contributed by atoms with Gasteiger partial charge >= 0.3 is 0 Å². The first-order valence-corrected chi connectivity index (χ1v) is 7.76. The quantitative estimate of drug-likeness (QED) is 0.854. The number of carbonyl (C=O) groups excluding carboxylic acids is 1. The minimum absolute atomic E-state index is 0.000116. The molecule has 0 radical (unpaired) electrons. The third kappa shape index (κ3) is 3.81. The normalized spacial score (nSPS) is 28.3. The van der Waals surface area contributed by atoms with E-state index in [1.807, 2.05) is 0 Å². The number of nitrogens with zero attached hydrogens (tertiary/aromatic N) is 2. The minimum Gasteiger partial charge on any atom is -0.328 e. The number of hydrogen-bond acceptors (Lipinski definition) is 4. The molecule has 2 atom stereocenters. The van der Waals surface area contributed by atoms with Gasteiger partial charge in [0.1, 0.15) is 6.29 Å². The third-order valence-electron chi connectivity index (χ3n) is 4.25. The van der Waals surface area contributed by atoms with Crippen LogP contribution in [0.15, 0.2) is 30.3 Å². The van der Waals surface area contributed by atoms with Crippen molar-refractivity contribution in [3.63, 3.8) is 0 Å². The van der Waals surface area contributed by atoms with Gasteiger partial charge in [-0.2, -0.15) is 0 Å². The number of amides is 1. The monoisotopic (exact) mass is 288 g/mol. The average molecular weight is 288 g/mol. The zero-order valence-corrected chi connectivity index (χ0v) is 12.6. The lowest BCUT2D eigenvalue weighted by Crippen LogP contribution is -2.66. The number of rotatable bonds is 3. The largest absolute Gasteiger partial charge is 0.328 e. The molecule has 114 valence electrons. The van der Waals surface area contributed by atoms with Crippen molar-refractivity contribution in [1.29, 1.82) is 0 Å². The molecule has 1 aromatic carbocycles. The Morgan fingerprint density at radius 1 is 1.14 bits per heavy atom. The predicted octanol–water partition coefficient (Wildman–Crippen LogP) is 0.586. The van der Waals surface area contributed by atoms with Crippen LogP contribution in [0.1, 0.15) is 18.9 Å². The number of nitrogens with one attached hydrogen (secondary N) is 2. The highest BCUT2D eigenvalue weighted by atomic mass is 16.2. The van der Waals surface area contributed by atoms with Gasteiger partial charge in [-0.05, 0) is 12.5 Å². The van der Waals surface area contributed by atoms with E-state index in [1.54, 1.807) is 0 Å². The second-order valence-electron chi connectivity index (χ2n) is 6.04. The first-order chi connectivity index (χ1) is 10.2. The van der Waals surface area contributed by atoms with Crippen LogP contribution in [0.3, 0.4) is 0 Å². The van der Waals surface area contributed by atoms with Crippen LogP contribution in [0.4, 0.5) is 0 Å². The SMILES string of the molecule is CC1CC(=O)NC(N2CCN(Cc3ccccc3)CC2)N1. The first kappa shape index (κ1) is 14.5. The molecule has 0 aliphatic carbocycles. The van der Waals surface area contributed by atoms with Gasteiger partial charge in [0.2, 0.25) is 5.91 Å². The highest BCUT2D eigenvalue weighted by Crippen LogP contribution is 2.11. The number of piperazine rings is 1. The molecule has 1 aromatic rings. The molecule has 2 aliphatic rings. The molecular weight excluding hydrogens is 264 g/mol. The molecular formula is C16H24N4O. The second-order valence-corrected chi connectivity index (χ2v) is 6.04. The van der Waals surface area contributed by atoms with E-state index in [4.69, 9.17) is 0 Å². The van der Waals surface area contributed by atoms with E-state index >= 15 is 0 Å². The zero-order chi connectivity index (χ0) is 14.7. The van der Waals surface area contributed by atoms with Crippen molar-refractivity contribution < 1.29 is 4.79 Å². The number of carbonyl (C=O) groups is 1. The van der Waals surface area contributed by atoms with Crippen molar-refractivity contribution in [3.05, 3.63) is 35.9 Å². The second kappa shape index (κ2) is 6.56. The molecule has 0 aromatic heterocycles. The van der Waals surface area contributed by atoms with E-state index in [2.05, 4.69) is 57.7 Å². The topological polar surface area (TPSA) is 47.6 Å². The Morgan fingerprint density at radius 3 is 2.52 bits per heavy atom. The molecule has 0 bridgehead atoms. The van der Waals surface area contributed by atoms with Gasteiger partial charge < -0.3 is 5.32 Å². The third-order valence-corrected chi connectivity index (χ3v) is 4.25. The van der Waals surface area contributed by atoms with Gasteiger partial charge in [0, 0.05) is 45.2 Å². The molecule has 2 unspecified atom stereocenters. The predicted molar refractivity (Wildman–Crippen MR) is 82.4 cm³/mol. The van der Waals surface area contributed by atoms with Gasteiger partial charge in [0.25, 0.3) is 0 Å². The molecule has 3 rings (SSSR count). The fourth-order valence-corrected chi connectivity index (χ4v) is 3.08.